The molecular weight excluding hydrogens is 228 g/mol. The molecule has 0 spiro atoms. The number of benzene rings is 1. The number of para-hydroxylation sites is 1. The second-order valence-corrected chi connectivity index (χ2v) is 4.82. The number of aliphatic hydroxyl groups excluding tert-OH is 1. The molecule has 1 fully saturated rings. The van der Waals surface area contributed by atoms with Gasteiger partial charge in [0.15, 0.2) is 0 Å². The third-order valence-electron chi connectivity index (χ3n) is 3.53. The number of rotatable bonds is 2. The van der Waals surface area contributed by atoms with E-state index in [1.807, 2.05) is 30.5 Å². The van der Waals surface area contributed by atoms with E-state index >= 15 is 0 Å². The zero-order valence-corrected chi connectivity index (χ0v) is 10.1. The minimum atomic E-state index is -0.350. The van der Waals surface area contributed by atoms with Gasteiger partial charge in [0, 0.05) is 30.2 Å². The topological polar surface area (TPSA) is 56.3 Å². The fraction of sp³-hybridized carbons (Fsp3) is 0.357. The van der Waals surface area contributed by atoms with Crippen LogP contribution >= 0.6 is 0 Å². The smallest absolute Gasteiger partial charge is 0.227 e. The Morgan fingerprint density at radius 3 is 3.06 bits per heavy atom. The highest BCUT2D eigenvalue weighted by molar-refractivity contribution is 5.88. The lowest BCUT2D eigenvalue weighted by Gasteiger charge is -2.14. The number of hydrogen-bond donors (Lipinski definition) is 2. The van der Waals surface area contributed by atoms with E-state index in [0.29, 0.717) is 25.9 Å². The molecule has 1 aliphatic rings. The van der Waals surface area contributed by atoms with Crippen LogP contribution in [0.25, 0.3) is 10.9 Å². The van der Waals surface area contributed by atoms with Crippen molar-refractivity contribution in [3.63, 3.8) is 0 Å². The van der Waals surface area contributed by atoms with Crippen LogP contribution < -0.4 is 0 Å². The molecule has 4 heteroatoms. The average molecular weight is 244 g/mol. The molecule has 0 radical (unpaired) electrons. The molecule has 2 aromatic rings. The second-order valence-electron chi connectivity index (χ2n) is 4.82. The van der Waals surface area contributed by atoms with E-state index in [0.717, 1.165) is 16.5 Å². The van der Waals surface area contributed by atoms with Crippen molar-refractivity contribution in [1.29, 1.82) is 0 Å². The van der Waals surface area contributed by atoms with Crippen LogP contribution in [0.15, 0.2) is 30.5 Å². The number of carbonyl (C=O) groups is 1. The molecule has 2 N–H and O–H groups in total. The van der Waals surface area contributed by atoms with Crippen molar-refractivity contribution in [2.75, 3.05) is 13.1 Å². The van der Waals surface area contributed by atoms with Gasteiger partial charge in [-0.25, -0.2) is 0 Å². The zero-order valence-electron chi connectivity index (χ0n) is 10.1. The maximum absolute atomic E-state index is 12.1. The Morgan fingerprint density at radius 2 is 2.28 bits per heavy atom. The van der Waals surface area contributed by atoms with Gasteiger partial charge in [0.2, 0.25) is 5.91 Å². The summed E-state index contributed by atoms with van der Waals surface area (Å²) in [6.07, 6.45) is 2.64. The van der Waals surface area contributed by atoms with E-state index in [2.05, 4.69) is 4.98 Å². The molecule has 0 aliphatic carbocycles. The van der Waals surface area contributed by atoms with Crippen LogP contribution in [0.3, 0.4) is 0 Å². The number of nitrogens with one attached hydrogen (secondary N) is 1. The number of nitrogens with zero attached hydrogens (tertiary/aromatic N) is 1. The number of β-amino-alcohol motifs (C(OH)–C–C–N with tert-alkyl or cyclic N) is 1. The molecule has 0 saturated carbocycles. The van der Waals surface area contributed by atoms with Gasteiger partial charge in [-0.2, -0.15) is 0 Å². The highest BCUT2D eigenvalue weighted by Crippen LogP contribution is 2.19. The molecule has 0 bridgehead atoms. The third-order valence-corrected chi connectivity index (χ3v) is 3.53. The Morgan fingerprint density at radius 1 is 1.44 bits per heavy atom. The number of aromatic amines is 1. The Labute approximate surface area is 105 Å². The van der Waals surface area contributed by atoms with E-state index in [-0.39, 0.29) is 12.0 Å². The fourth-order valence-electron chi connectivity index (χ4n) is 2.52. The lowest BCUT2D eigenvalue weighted by Crippen LogP contribution is -2.30. The van der Waals surface area contributed by atoms with Gasteiger partial charge in [0.1, 0.15) is 0 Å². The lowest BCUT2D eigenvalue weighted by molar-refractivity contribution is -0.129. The summed E-state index contributed by atoms with van der Waals surface area (Å²) in [6, 6.07) is 7.97. The predicted octanol–water partition coefficient (Wildman–Crippen LogP) is 1.30. The highest BCUT2D eigenvalue weighted by atomic mass is 16.3. The molecule has 0 unspecified atom stereocenters. The minimum Gasteiger partial charge on any atom is -0.391 e. The molecule has 18 heavy (non-hydrogen) atoms. The normalized spacial score (nSPS) is 19.6. The first-order valence-electron chi connectivity index (χ1n) is 6.25. The van der Waals surface area contributed by atoms with Crippen LogP contribution in [0.5, 0.6) is 0 Å². The Balaban J connectivity index is 1.78. The van der Waals surface area contributed by atoms with E-state index in [4.69, 9.17) is 0 Å². The zero-order chi connectivity index (χ0) is 12.5. The fourth-order valence-corrected chi connectivity index (χ4v) is 2.52. The van der Waals surface area contributed by atoms with Crippen LogP contribution in [0.1, 0.15) is 12.0 Å². The van der Waals surface area contributed by atoms with Crippen LogP contribution in [0.2, 0.25) is 0 Å². The SMILES string of the molecule is O=C(Cc1c[nH]c2ccccc12)N1CC[C@H](O)C1. The molecule has 1 atom stereocenters. The number of aliphatic hydroxyl groups is 1. The first-order valence-corrected chi connectivity index (χ1v) is 6.25. The van der Waals surface area contributed by atoms with Crippen molar-refractivity contribution >= 4 is 16.8 Å². The van der Waals surface area contributed by atoms with Crippen molar-refractivity contribution < 1.29 is 9.90 Å². The molecule has 1 aliphatic heterocycles. The average Bonchev–Trinajstić information content (AvgIpc) is 2.97. The van der Waals surface area contributed by atoms with Gasteiger partial charge in [0.25, 0.3) is 0 Å². The van der Waals surface area contributed by atoms with E-state index in [1.165, 1.54) is 0 Å². The van der Waals surface area contributed by atoms with Gasteiger partial charge in [-0.15, -0.1) is 0 Å². The summed E-state index contributed by atoms with van der Waals surface area (Å²) in [6.45, 7) is 1.14. The molecule has 1 amide bonds. The van der Waals surface area contributed by atoms with Crippen LogP contribution in [0.4, 0.5) is 0 Å². The number of aromatic nitrogens is 1. The van der Waals surface area contributed by atoms with Crippen molar-refractivity contribution in [1.82, 2.24) is 9.88 Å². The van der Waals surface area contributed by atoms with E-state index < -0.39 is 0 Å². The minimum absolute atomic E-state index is 0.0938. The highest BCUT2D eigenvalue weighted by Gasteiger charge is 2.24. The van der Waals surface area contributed by atoms with Gasteiger partial charge < -0.3 is 15.0 Å². The number of fused-ring (bicyclic) bond motifs is 1. The molecular formula is C14H16N2O2. The van der Waals surface area contributed by atoms with Crippen molar-refractivity contribution in [3.8, 4) is 0 Å². The van der Waals surface area contributed by atoms with Crippen LogP contribution in [-0.4, -0.2) is 40.1 Å². The lowest BCUT2D eigenvalue weighted by atomic mass is 10.1. The summed E-state index contributed by atoms with van der Waals surface area (Å²) in [5.41, 5.74) is 2.08. The Hall–Kier alpha value is -1.81. The molecule has 1 aromatic carbocycles. The van der Waals surface area contributed by atoms with Crippen molar-refractivity contribution in [2.45, 2.75) is 18.9 Å². The maximum atomic E-state index is 12.1. The number of carbonyl (C=O) groups excluding carboxylic acids is 1. The summed E-state index contributed by atoms with van der Waals surface area (Å²) in [7, 11) is 0. The summed E-state index contributed by atoms with van der Waals surface area (Å²) < 4.78 is 0. The molecule has 1 aromatic heterocycles. The first-order chi connectivity index (χ1) is 8.74. The monoisotopic (exact) mass is 244 g/mol. The summed E-state index contributed by atoms with van der Waals surface area (Å²) in [4.78, 5) is 17.0. The number of amides is 1. The number of likely N-dealkylation sites (tertiary alicyclic amines) is 1. The van der Waals surface area contributed by atoms with Crippen molar-refractivity contribution in [3.05, 3.63) is 36.0 Å². The Kier molecular flexibility index (Phi) is 2.80. The quantitative estimate of drug-likeness (QED) is 0.836. The summed E-state index contributed by atoms with van der Waals surface area (Å²) in [5, 5.41) is 10.5. The number of H-pyrrole nitrogens is 1. The van der Waals surface area contributed by atoms with Gasteiger partial charge in [-0.3, -0.25) is 4.79 Å². The van der Waals surface area contributed by atoms with Gasteiger partial charge in [0.05, 0.1) is 12.5 Å². The van der Waals surface area contributed by atoms with Crippen LogP contribution in [-0.2, 0) is 11.2 Å². The van der Waals surface area contributed by atoms with Crippen LogP contribution in [0, 0.1) is 0 Å². The van der Waals surface area contributed by atoms with Gasteiger partial charge >= 0.3 is 0 Å². The number of hydrogen-bond acceptors (Lipinski definition) is 2. The molecule has 2 heterocycles. The second kappa shape index (κ2) is 4.46. The largest absolute Gasteiger partial charge is 0.391 e. The Bertz CT molecular complexity index is 576. The maximum Gasteiger partial charge on any atom is 0.227 e. The predicted molar refractivity (Wildman–Crippen MR) is 69.2 cm³/mol. The molecule has 3 rings (SSSR count). The van der Waals surface area contributed by atoms with Crippen molar-refractivity contribution in [2.24, 2.45) is 0 Å². The molecule has 94 valence electrons. The van der Waals surface area contributed by atoms with Gasteiger partial charge in [-0.05, 0) is 18.1 Å². The van der Waals surface area contributed by atoms with E-state index in [9.17, 15) is 9.90 Å². The third kappa shape index (κ3) is 1.99. The standard InChI is InChI=1S/C14H16N2O2/c17-11-5-6-16(9-11)14(18)7-10-8-15-13-4-2-1-3-12(10)13/h1-4,8,11,15,17H,5-7,9H2/t11-/m0/s1. The summed E-state index contributed by atoms with van der Waals surface area (Å²) >= 11 is 0. The first kappa shape index (κ1) is 11.3. The van der Waals surface area contributed by atoms with E-state index in [1.54, 1.807) is 4.90 Å². The molecule has 1 saturated heterocycles. The molecule has 4 nitrogen and oxygen atoms in total. The summed E-state index contributed by atoms with van der Waals surface area (Å²) in [5.74, 6) is 0.0938. The van der Waals surface area contributed by atoms with Gasteiger partial charge in [-0.1, -0.05) is 18.2 Å².